The number of carbonyl (C=O) groups excluding carboxylic acids is 1. The number of benzene rings is 1. The Morgan fingerprint density at radius 1 is 1.44 bits per heavy atom. The summed E-state index contributed by atoms with van der Waals surface area (Å²) < 4.78 is 5.94. The average Bonchev–Trinajstić information content (AvgIpc) is 2.42. The van der Waals surface area contributed by atoms with Gasteiger partial charge >= 0.3 is 5.97 Å². The molecular formula is C14H18BrNO2. The minimum atomic E-state index is -0.231. The molecule has 4 heteroatoms. The molecule has 1 N–H and O–H groups in total. The number of methoxy groups -OCH3 is 1. The summed E-state index contributed by atoms with van der Waals surface area (Å²) in [6, 6.07) is 8.04. The average molecular weight is 312 g/mol. The number of piperidine rings is 1. The highest BCUT2D eigenvalue weighted by atomic mass is 79.9. The number of ether oxygens (including phenoxy) is 1. The van der Waals surface area contributed by atoms with Crippen molar-refractivity contribution in [3.05, 3.63) is 34.3 Å². The van der Waals surface area contributed by atoms with Gasteiger partial charge in [0.25, 0.3) is 0 Å². The molecule has 0 radical (unpaired) electrons. The van der Waals surface area contributed by atoms with E-state index in [-0.39, 0.29) is 17.9 Å². The topological polar surface area (TPSA) is 38.3 Å². The fourth-order valence-electron chi connectivity index (χ4n) is 2.53. The number of nitrogens with one attached hydrogen (secondary N) is 1. The Balaban J connectivity index is 2.30. The van der Waals surface area contributed by atoms with Crippen molar-refractivity contribution in [2.24, 2.45) is 0 Å². The van der Waals surface area contributed by atoms with Crippen LogP contribution in [-0.4, -0.2) is 25.7 Å². The third kappa shape index (κ3) is 2.93. The maximum Gasteiger partial charge on any atom is 0.314 e. The van der Waals surface area contributed by atoms with Crippen molar-refractivity contribution in [2.45, 2.75) is 31.2 Å². The zero-order chi connectivity index (χ0) is 13.0. The van der Waals surface area contributed by atoms with Crippen LogP contribution in [0.5, 0.6) is 0 Å². The first-order valence-corrected chi connectivity index (χ1v) is 7.09. The molecule has 1 aliphatic heterocycles. The van der Waals surface area contributed by atoms with Crippen LogP contribution in [0.4, 0.5) is 0 Å². The predicted molar refractivity (Wildman–Crippen MR) is 74.5 cm³/mol. The Labute approximate surface area is 116 Å². The van der Waals surface area contributed by atoms with Crippen LogP contribution < -0.4 is 5.32 Å². The fraction of sp³-hybridized carbons (Fsp3) is 0.500. The molecule has 0 spiro atoms. The summed E-state index contributed by atoms with van der Waals surface area (Å²) in [5.41, 5.74) is 1.00. The molecule has 3 nitrogen and oxygen atoms in total. The van der Waals surface area contributed by atoms with Crippen LogP contribution in [0, 0.1) is 0 Å². The van der Waals surface area contributed by atoms with Gasteiger partial charge in [0.1, 0.15) is 0 Å². The molecule has 0 amide bonds. The molecule has 18 heavy (non-hydrogen) atoms. The van der Waals surface area contributed by atoms with E-state index in [4.69, 9.17) is 4.74 Å². The summed E-state index contributed by atoms with van der Waals surface area (Å²) in [6.07, 6.45) is 3.36. The van der Waals surface area contributed by atoms with Gasteiger partial charge in [-0.25, -0.2) is 0 Å². The van der Waals surface area contributed by atoms with E-state index in [1.807, 2.05) is 24.3 Å². The van der Waals surface area contributed by atoms with Gasteiger partial charge in [-0.3, -0.25) is 4.79 Å². The Morgan fingerprint density at radius 3 is 2.83 bits per heavy atom. The number of hydrogen-bond acceptors (Lipinski definition) is 3. The minimum absolute atomic E-state index is 0.165. The molecule has 2 atom stereocenters. The lowest BCUT2D eigenvalue weighted by atomic mass is 9.86. The normalized spacial score (nSPS) is 21.3. The van der Waals surface area contributed by atoms with Crippen molar-refractivity contribution < 1.29 is 9.53 Å². The van der Waals surface area contributed by atoms with Crippen LogP contribution in [0.2, 0.25) is 0 Å². The van der Waals surface area contributed by atoms with Crippen molar-refractivity contribution in [1.82, 2.24) is 5.32 Å². The number of hydrogen-bond donors (Lipinski definition) is 1. The van der Waals surface area contributed by atoms with Gasteiger partial charge in [0.2, 0.25) is 0 Å². The standard InChI is InChI=1S/C14H18BrNO2/c1-18-14(17)13(12-8-4-5-9-16-12)10-6-2-3-7-11(10)15/h2-3,6-7,12-13,16H,4-5,8-9H2,1H3. The molecule has 1 fully saturated rings. The molecule has 1 aromatic carbocycles. The van der Waals surface area contributed by atoms with Crippen LogP contribution in [0.15, 0.2) is 28.7 Å². The number of carbonyl (C=O) groups is 1. The largest absolute Gasteiger partial charge is 0.469 e. The molecule has 0 aromatic heterocycles. The molecule has 1 saturated heterocycles. The fourth-order valence-corrected chi connectivity index (χ4v) is 3.06. The molecule has 0 bridgehead atoms. The van der Waals surface area contributed by atoms with E-state index < -0.39 is 0 Å². The third-order valence-corrected chi connectivity index (χ3v) is 4.17. The SMILES string of the molecule is COC(=O)C(c1ccccc1Br)C1CCCCN1. The van der Waals surface area contributed by atoms with Crippen LogP contribution >= 0.6 is 15.9 Å². The molecule has 98 valence electrons. The van der Waals surface area contributed by atoms with E-state index in [1.165, 1.54) is 13.5 Å². The Bertz CT molecular complexity index is 416. The molecule has 2 unspecified atom stereocenters. The quantitative estimate of drug-likeness (QED) is 0.872. The second-order valence-corrected chi connectivity index (χ2v) is 5.43. The minimum Gasteiger partial charge on any atom is -0.469 e. The van der Waals surface area contributed by atoms with Crippen LogP contribution in [0.3, 0.4) is 0 Å². The van der Waals surface area contributed by atoms with Crippen LogP contribution in [0.1, 0.15) is 30.7 Å². The summed E-state index contributed by atoms with van der Waals surface area (Å²) in [5, 5.41) is 3.44. The molecule has 1 heterocycles. The van der Waals surface area contributed by atoms with E-state index >= 15 is 0 Å². The lowest BCUT2D eigenvalue weighted by Crippen LogP contribution is -2.42. The summed E-state index contributed by atoms with van der Waals surface area (Å²) in [6.45, 7) is 0.975. The molecular weight excluding hydrogens is 294 g/mol. The molecule has 1 aliphatic rings. The highest BCUT2D eigenvalue weighted by Gasteiger charge is 2.32. The van der Waals surface area contributed by atoms with Crippen molar-refractivity contribution >= 4 is 21.9 Å². The van der Waals surface area contributed by atoms with Crippen molar-refractivity contribution in [1.29, 1.82) is 0 Å². The predicted octanol–water partition coefficient (Wildman–Crippen LogP) is 2.85. The first-order valence-electron chi connectivity index (χ1n) is 6.29. The number of rotatable bonds is 3. The van der Waals surface area contributed by atoms with E-state index in [1.54, 1.807) is 0 Å². The summed E-state index contributed by atoms with van der Waals surface area (Å²) in [5.74, 6) is -0.396. The van der Waals surface area contributed by atoms with Crippen LogP contribution in [-0.2, 0) is 9.53 Å². The molecule has 1 aromatic rings. The lowest BCUT2D eigenvalue weighted by Gasteiger charge is -2.30. The Morgan fingerprint density at radius 2 is 2.22 bits per heavy atom. The Kier molecular flexibility index (Phi) is 4.78. The smallest absolute Gasteiger partial charge is 0.314 e. The second kappa shape index (κ2) is 6.34. The van der Waals surface area contributed by atoms with E-state index in [2.05, 4.69) is 21.2 Å². The van der Waals surface area contributed by atoms with Gasteiger partial charge in [0.05, 0.1) is 13.0 Å². The maximum atomic E-state index is 12.1. The van der Waals surface area contributed by atoms with Gasteiger partial charge in [0, 0.05) is 10.5 Å². The van der Waals surface area contributed by atoms with Gasteiger partial charge in [-0.05, 0) is 31.0 Å². The molecule has 2 rings (SSSR count). The maximum absolute atomic E-state index is 12.1. The van der Waals surface area contributed by atoms with Crippen molar-refractivity contribution in [3.8, 4) is 0 Å². The second-order valence-electron chi connectivity index (χ2n) is 4.58. The van der Waals surface area contributed by atoms with Gasteiger partial charge in [-0.2, -0.15) is 0 Å². The van der Waals surface area contributed by atoms with Gasteiger partial charge in [-0.1, -0.05) is 40.5 Å². The molecule has 0 saturated carbocycles. The zero-order valence-electron chi connectivity index (χ0n) is 10.5. The highest BCUT2D eigenvalue weighted by Crippen LogP contribution is 2.31. The number of esters is 1. The van der Waals surface area contributed by atoms with E-state index in [9.17, 15) is 4.79 Å². The summed E-state index contributed by atoms with van der Waals surface area (Å²) in [4.78, 5) is 12.1. The summed E-state index contributed by atoms with van der Waals surface area (Å²) in [7, 11) is 1.45. The number of halogens is 1. The Hall–Kier alpha value is -0.870. The third-order valence-electron chi connectivity index (χ3n) is 3.45. The first kappa shape index (κ1) is 13.6. The molecule has 0 aliphatic carbocycles. The lowest BCUT2D eigenvalue weighted by molar-refractivity contribution is -0.143. The van der Waals surface area contributed by atoms with E-state index in [0.717, 1.165) is 29.4 Å². The van der Waals surface area contributed by atoms with E-state index in [0.29, 0.717) is 0 Å². The zero-order valence-corrected chi connectivity index (χ0v) is 12.1. The van der Waals surface area contributed by atoms with Crippen molar-refractivity contribution in [3.63, 3.8) is 0 Å². The summed E-state index contributed by atoms with van der Waals surface area (Å²) >= 11 is 3.53. The van der Waals surface area contributed by atoms with Crippen molar-refractivity contribution in [2.75, 3.05) is 13.7 Å². The highest BCUT2D eigenvalue weighted by molar-refractivity contribution is 9.10. The first-order chi connectivity index (χ1) is 8.74. The van der Waals surface area contributed by atoms with Gasteiger partial charge in [0.15, 0.2) is 0 Å². The van der Waals surface area contributed by atoms with Crippen LogP contribution in [0.25, 0.3) is 0 Å². The van der Waals surface area contributed by atoms with Gasteiger partial charge < -0.3 is 10.1 Å². The van der Waals surface area contributed by atoms with Gasteiger partial charge in [-0.15, -0.1) is 0 Å². The monoisotopic (exact) mass is 311 g/mol.